The molecule has 4 atom stereocenters. The van der Waals surface area contributed by atoms with Crippen molar-refractivity contribution in [1.29, 1.82) is 0 Å². The minimum absolute atomic E-state index is 0. The second-order valence-electron chi connectivity index (χ2n) is 2.88. The Balaban J connectivity index is -0.000000139. The molecule has 0 bridgehead atoms. The molecule has 0 heterocycles. The summed E-state index contributed by atoms with van der Waals surface area (Å²) < 4.78 is 0. The van der Waals surface area contributed by atoms with Crippen LogP contribution in [0.1, 0.15) is 6.92 Å². The Morgan fingerprint density at radius 2 is 1.58 bits per heavy atom. The van der Waals surface area contributed by atoms with Crippen LogP contribution in [0.15, 0.2) is 0 Å². The summed E-state index contributed by atoms with van der Waals surface area (Å²) in [4.78, 5) is 22.2. The van der Waals surface area contributed by atoms with Crippen LogP contribution in [-0.2, 0) is 36.9 Å². The topological polar surface area (TPSA) is 165 Å². The van der Waals surface area contributed by atoms with Gasteiger partial charge >= 0.3 is 45.4 Å². The van der Waals surface area contributed by atoms with E-state index >= 15 is 0 Å². The van der Waals surface area contributed by atoms with Crippen molar-refractivity contribution >= 4 is 29.3 Å². The van der Waals surface area contributed by atoms with Crippen molar-refractivity contribution in [3.8, 4) is 0 Å². The Morgan fingerprint density at radius 3 is 1.79 bits per heavy atom. The van der Waals surface area contributed by atoms with Crippen LogP contribution in [0.5, 0.6) is 0 Å². The first-order chi connectivity index (χ1) is 7.81. The van der Waals surface area contributed by atoms with Crippen molar-refractivity contribution in [2.24, 2.45) is 0 Å². The van der Waals surface area contributed by atoms with Crippen molar-refractivity contribution in [2.45, 2.75) is 31.3 Å². The second-order valence-corrected chi connectivity index (χ2v) is 2.88. The third-order valence-corrected chi connectivity index (χ3v) is 1.50. The first-order valence-electron chi connectivity index (χ1n) is 4.34. The van der Waals surface area contributed by atoms with Gasteiger partial charge in [-0.3, -0.25) is 0 Å². The van der Waals surface area contributed by atoms with Crippen LogP contribution >= 0.6 is 0 Å². The molecule has 0 aromatic carbocycles. The average Bonchev–Trinajstić information content (AvgIpc) is 2.35. The summed E-state index contributed by atoms with van der Waals surface area (Å²) in [5.74, 6) is -0.690. The van der Waals surface area contributed by atoms with Crippen LogP contribution < -0.4 is 0 Å². The fraction of sp³-hybridized carbons (Fsp3) is 0.750. The number of aliphatic hydroxyl groups excluding tert-OH is 5. The minimum atomic E-state index is -1.89. The summed E-state index contributed by atoms with van der Waals surface area (Å²) in [5, 5.41) is 50.7. The summed E-state index contributed by atoms with van der Waals surface area (Å²) in [7, 11) is 0. The van der Waals surface area contributed by atoms with Gasteiger partial charge in [-0.15, -0.1) is 0 Å². The number of carbonyl (C=O) groups is 1. The van der Waals surface area contributed by atoms with E-state index in [0.29, 0.717) is 0 Å². The van der Waals surface area contributed by atoms with Gasteiger partial charge in [-0.25, -0.2) is 11.1 Å². The molecule has 9 nitrogen and oxygen atoms in total. The molecular weight excluding hydrogens is 516 g/mol. The van der Waals surface area contributed by atoms with Gasteiger partial charge in [-0.2, -0.15) is 5.26 Å². The average molecular weight is 532 g/mol. The van der Waals surface area contributed by atoms with Crippen molar-refractivity contribution in [2.75, 3.05) is 6.61 Å². The number of carbonyl (C=O) groups excluding carboxylic acids is 2. The van der Waals surface area contributed by atoms with Gasteiger partial charge in [0.1, 0.15) is 12.2 Å². The van der Waals surface area contributed by atoms with Gasteiger partial charge in [0.2, 0.25) is 0 Å². The Hall–Kier alpha value is 0.160. The fourth-order valence-corrected chi connectivity index (χ4v) is 0.592. The first kappa shape index (κ1) is 27.5. The van der Waals surface area contributed by atoms with Crippen molar-refractivity contribution < 1.29 is 67.6 Å². The van der Waals surface area contributed by atoms with Crippen LogP contribution in [0.25, 0.3) is 0 Å². The van der Waals surface area contributed by atoms with Crippen LogP contribution in [0.2, 0.25) is 0 Å². The Kier molecular flexibility index (Phi) is 23.5. The standard InChI is InChI=1S/C6H11O6.C2H4O3.Au.HSe/c7-1-3(9)5(11)6(12)4(10)2-8;1-2(3)5-4;;/h3-7,9-12H,1H2;4H,1H3;;1H/q-1;;+1;/t3-,4-,5-,6-;;;/m1.../s1. The van der Waals surface area contributed by atoms with Crippen molar-refractivity contribution in [3.05, 3.63) is 0 Å². The molecule has 6 N–H and O–H groups in total. The zero-order chi connectivity index (χ0) is 14.0. The predicted octanol–water partition coefficient (Wildman–Crippen LogP) is -4.10. The van der Waals surface area contributed by atoms with Gasteiger partial charge in [0.15, 0.2) is 0 Å². The molecule has 1 radical (unpaired) electrons. The Labute approximate surface area is 135 Å². The van der Waals surface area contributed by atoms with E-state index in [0.717, 1.165) is 13.2 Å². The van der Waals surface area contributed by atoms with Crippen LogP contribution in [-0.4, -0.2) is 91.1 Å². The molecule has 0 aromatic heterocycles. The van der Waals surface area contributed by atoms with Gasteiger partial charge in [-0.1, -0.05) is 0 Å². The maximum atomic E-state index is 9.77. The summed E-state index contributed by atoms with van der Waals surface area (Å²) in [6, 6.07) is 0. The molecule has 19 heavy (non-hydrogen) atoms. The molecule has 0 rings (SSSR count). The zero-order valence-electron chi connectivity index (χ0n) is 9.67. The maximum absolute atomic E-state index is 9.77. The molecule has 0 fully saturated rings. The molecule has 11 heteroatoms. The number of rotatable bonds is 5. The van der Waals surface area contributed by atoms with E-state index in [1.165, 1.54) is 0 Å². The number of hydrogen-bond donors (Lipinski definition) is 6. The Morgan fingerprint density at radius 1 is 1.21 bits per heavy atom. The molecule has 0 spiro atoms. The monoisotopic (exact) mass is 533 g/mol. The van der Waals surface area contributed by atoms with E-state index in [-0.39, 0.29) is 39.4 Å². The van der Waals surface area contributed by atoms with Gasteiger partial charge in [0.25, 0.3) is 0 Å². The molecule has 0 aromatic rings. The number of hydrogen-bond acceptors (Lipinski definition) is 9. The van der Waals surface area contributed by atoms with Crippen molar-refractivity contribution in [3.63, 3.8) is 0 Å². The molecule has 0 aliphatic rings. The summed E-state index contributed by atoms with van der Waals surface area (Å²) >= 11 is 0. The molecule has 119 valence electrons. The third-order valence-electron chi connectivity index (χ3n) is 1.50. The first-order valence-corrected chi connectivity index (χ1v) is 4.34. The molecule has 0 saturated heterocycles. The molecule has 0 unspecified atom stereocenters. The number of aliphatic hydroxyl groups is 5. The van der Waals surface area contributed by atoms with E-state index in [2.05, 4.69) is 4.89 Å². The van der Waals surface area contributed by atoms with E-state index in [1.54, 1.807) is 0 Å². The van der Waals surface area contributed by atoms with Crippen LogP contribution in [0.3, 0.4) is 0 Å². The molecular formula is C8H16AuO9Se. The molecule has 0 aliphatic carbocycles. The zero-order valence-corrected chi connectivity index (χ0v) is 13.7. The summed E-state index contributed by atoms with van der Waals surface area (Å²) in [5.41, 5.74) is 0. The fourth-order valence-electron chi connectivity index (χ4n) is 0.592. The van der Waals surface area contributed by atoms with Crippen molar-refractivity contribution in [1.82, 2.24) is 0 Å². The van der Waals surface area contributed by atoms with Gasteiger partial charge in [-0.05, 0) is 6.10 Å². The summed E-state index contributed by atoms with van der Waals surface area (Å²) in [6.45, 7) is 0.337. The normalized spacial score (nSPS) is 15.1. The van der Waals surface area contributed by atoms with Gasteiger partial charge in [0.05, 0.1) is 12.7 Å². The molecule has 0 amide bonds. The van der Waals surface area contributed by atoms with Crippen LogP contribution in [0.4, 0.5) is 0 Å². The van der Waals surface area contributed by atoms with Gasteiger partial charge < -0.3 is 35.2 Å². The van der Waals surface area contributed by atoms with E-state index < -0.39 is 37.0 Å². The Bertz CT molecular complexity index is 230. The van der Waals surface area contributed by atoms with Gasteiger partial charge in [0, 0.05) is 6.92 Å². The predicted molar refractivity (Wildman–Crippen MR) is 58.4 cm³/mol. The second kappa shape index (κ2) is 16.2. The summed E-state index contributed by atoms with van der Waals surface area (Å²) in [6.07, 6.45) is -6.07. The molecule has 0 aliphatic heterocycles. The van der Waals surface area contributed by atoms with E-state index in [9.17, 15) is 9.59 Å². The van der Waals surface area contributed by atoms with E-state index in [4.69, 9.17) is 30.8 Å². The van der Waals surface area contributed by atoms with E-state index in [1.807, 2.05) is 0 Å². The molecule has 0 saturated carbocycles. The van der Waals surface area contributed by atoms with Crippen LogP contribution in [0, 0.1) is 0 Å². The SMILES string of the molecule is CC(=O)OO.O=[C-][C@@H](O)[C@@H](O)[C@H](O)[C@H](O)CO.[Au+].[SeH]. The third kappa shape index (κ3) is 14.4. The quantitative estimate of drug-likeness (QED) is 0.0895.